The summed E-state index contributed by atoms with van der Waals surface area (Å²) in [6.07, 6.45) is 4.67. The van der Waals surface area contributed by atoms with E-state index in [-0.39, 0.29) is 4.75 Å². The van der Waals surface area contributed by atoms with E-state index in [0.717, 1.165) is 77.2 Å². The van der Waals surface area contributed by atoms with Crippen LogP contribution in [0.3, 0.4) is 0 Å². The lowest BCUT2D eigenvalue weighted by molar-refractivity contribution is 0.0793. The summed E-state index contributed by atoms with van der Waals surface area (Å²) in [6.45, 7) is 12.0. The fourth-order valence-corrected chi connectivity index (χ4v) is 5.35. The van der Waals surface area contributed by atoms with Gasteiger partial charge < -0.3 is 19.7 Å². The van der Waals surface area contributed by atoms with Crippen molar-refractivity contribution in [1.29, 1.82) is 0 Å². The molecule has 5 nitrogen and oxygen atoms in total. The lowest BCUT2D eigenvalue weighted by atomic mass is 9.87. The highest BCUT2D eigenvalue weighted by Gasteiger charge is 2.42. The quantitative estimate of drug-likeness (QED) is 0.606. The van der Waals surface area contributed by atoms with Gasteiger partial charge in [0, 0.05) is 49.6 Å². The van der Waals surface area contributed by atoms with Crippen molar-refractivity contribution in [1.82, 2.24) is 10.2 Å². The van der Waals surface area contributed by atoms with E-state index in [9.17, 15) is 0 Å². The van der Waals surface area contributed by atoms with Gasteiger partial charge in [-0.25, -0.2) is 0 Å². The molecule has 0 saturated carbocycles. The Balaban J connectivity index is 1.66. The zero-order valence-corrected chi connectivity index (χ0v) is 16.1. The predicted octanol–water partition coefficient (Wildman–Crippen LogP) is 2.37. The Labute approximate surface area is 150 Å². The molecule has 0 amide bonds. The molecule has 3 rings (SSSR count). The van der Waals surface area contributed by atoms with Crippen LogP contribution in [0.2, 0.25) is 0 Å². The zero-order valence-electron chi connectivity index (χ0n) is 15.3. The monoisotopic (exact) mass is 355 g/mol. The normalized spacial score (nSPS) is 30.2. The van der Waals surface area contributed by atoms with Gasteiger partial charge >= 0.3 is 0 Å². The van der Waals surface area contributed by atoms with E-state index in [1.807, 2.05) is 0 Å². The number of nitrogens with zero attached hydrogens (tertiary/aromatic N) is 2. The highest BCUT2D eigenvalue weighted by Crippen LogP contribution is 2.39. The molecule has 1 atom stereocenters. The van der Waals surface area contributed by atoms with Crippen molar-refractivity contribution in [2.24, 2.45) is 10.4 Å². The van der Waals surface area contributed by atoms with Gasteiger partial charge in [-0.15, -0.1) is 0 Å². The molecule has 3 aliphatic rings. The SMILES string of the molecule is CCNC(=NCC1(SCC)CCOCC1)N1CCC2(CCOC2)C1. The number of hydrogen-bond acceptors (Lipinski definition) is 4. The highest BCUT2D eigenvalue weighted by molar-refractivity contribution is 8.00. The molecule has 138 valence electrons. The summed E-state index contributed by atoms with van der Waals surface area (Å²) >= 11 is 2.07. The molecule has 1 unspecified atom stereocenters. The van der Waals surface area contributed by atoms with Gasteiger partial charge in [-0.05, 0) is 38.4 Å². The van der Waals surface area contributed by atoms with Crippen LogP contribution in [0, 0.1) is 5.41 Å². The van der Waals surface area contributed by atoms with Crippen molar-refractivity contribution in [3.8, 4) is 0 Å². The Morgan fingerprint density at radius 2 is 1.92 bits per heavy atom. The average molecular weight is 356 g/mol. The van der Waals surface area contributed by atoms with Crippen LogP contribution < -0.4 is 5.32 Å². The molecular formula is C18H33N3O2S. The zero-order chi connectivity index (χ0) is 16.9. The van der Waals surface area contributed by atoms with Crippen LogP contribution in [-0.2, 0) is 9.47 Å². The van der Waals surface area contributed by atoms with Gasteiger partial charge in [0.05, 0.1) is 13.2 Å². The molecule has 1 N–H and O–H groups in total. The Kier molecular flexibility index (Phi) is 6.33. The number of aliphatic imine (C=N–C) groups is 1. The maximum Gasteiger partial charge on any atom is 0.193 e. The van der Waals surface area contributed by atoms with Gasteiger partial charge in [0.2, 0.25) is 0 Å². The van der Waals surface area contributed by atoms with Gasteiger partial charge in [-0.1, -0.05) is 6.92 Å². The van der Waals surface area contributed by atoms with E-state index in [0.29, 0.717) is 5.41 Å². The van der Waals surface area contributed by atoms with Gasteiger partial charge in [-0.2, -0.15) is 11.8 Å². The first-order valence-electron chi connectivity index (χ1n) is 9.54. The number of hydrogen-bond donors (Lipinski definition) is 1. The van der Waals surface area contributed by atoms with E-state index >= 15 is 0 Å². The number of thioether (sulfide) groups is 1. The van der Waals surface area contributed by atoms with E-state index in [4.69, 9.17) is 14.5 Å². The smallest absolute Gasteiger partial charge is 0.193 e. The second-order valence-corrected chi connectivity index (χ2v) is 9.10. The molecule has 0 aromatic carbocycles. The molecule has 0 bridgehead atoms. The van der Waals surface area contributed by atoms with Crippen LogP contribution in [0.1, 0.15) is 39.5 Å². The molecule has 3 heterocycles. The van der Waals surface area contributed by atoms with Crippen LogP contribution in [0.15, 0.2) is 4.99 Å². The van der Waals surface area contributed by atoms with Crippen molar-refractivity contribution < 1.29 is 9.47 Å². The summed E-state index contributed by atoms with van der Waals surface area (Å²) in [4.78, 5) is 7.54. The second-order valence-electron chi connectivity index (χ2n) is 7.37. The Morgan fingerprint density at radius 1 is 1.12 bits per heavy atom. The topological polar surface area (TPSA) is 46.1 Å². The van der Waals surface area contributed by atoms with Gasteiger partial charge in [0.15, 0.2) is 5.96 Å². The van der Waals surface area contributed by atoms with Crippen LogP contribution in [0.5, 0.6) is 0 Å². The third kappa shape index (κ3) is 4.20. The third-order valence-corrected chi connectivity index (χ3v) is 7.07. The Bertz CT molecular complexity index is 426. The number of nitrogens with one attached hydrogen (secondary N) is 1. The fourth-order valence-electron chi connectivity index (χ4n) is 4.13. The first kappa shape index (κ1) is 18.3. The summed E-state index contributed by atoms with van der Waals surface area (Å²) < 4.78 is 11.5. The molecule has 3 fully saturated rings. The first-order valence-corrected chi connectivity index (χ1v) is 10.5. The van der Waals surface area contributed by atoms with Gasteiger partial charge in [0.25, 0.3) is 0 Å². The van der Waals surface area contributed by atoms with Crippen LogP contribution in [0.25, 0.3) is 0 Å². The molecule has 6 heteroatoms. The second kappa shape index (κ2) is 8.28. The highest BCUT2D eigenvalue weighted by atomic mass is 32.2. The van der Waals surface area contributed by atoms with Crippen molar-refractivity contribution in [2.45, 2.75) is 44.3 Å². The largest absolute Gasteiger partial charge is 0.381 e. The van der Waals surface area contributed by atoms with Crippen LogP contribution in [-0.4, -0.2) is 74.0 Å². The minimum Gasteiger partial charge on any atom is -0.381 e. The molecule has 0 aliphatic carbocycles. The molecule has 3 saturated heterocycles. The van der Waals surface area contributed by atoms with Crippen LogP contribution in [0.4, 0.5) is 0 Å². The third-order valence-electron chi connectivity index (χ3n) is 5.63. The lowest BCUT2D eigenvalue weighted by Gasteiger charge is -2.35. The van der Waals surface area contributed by atoms with Crippen molar-refractivity contribution >= 4 is 17.7 Å². The number of guanidine groups is 1. The van der Waals surface area contributed by atoms with Gasteiger partial charge in [0.1, 0.15) is 0 Å². The molecule has 0 aromatic rings. The summed E-state index contributed by atoms with van der Waals surface area (Å²) in [5.74, 6) is 2.25. The van der Waals surface area contributed by atoms with Crippen molar-refractivity contribution in [3.63, 3.8) is 0 Å². The average Bonchev–Trinajstić information content (AvgIpc) is 3.23. The van der Waals surface area contributed by atoms with E-state index in [1.54, 1.807) is 0 Å². The minimum atomic E-state index is 0.265. The Morgan fingerprint density at radius 3 is 2.58 bits per heavy atom. The fraction of sp³-hybridized carbons (Fsp3) is 0.944. The maximum absolute atomic E-state index is 5.67. The lowest BCUT2D eigenvalue weighted by Crippen LogP contribution is -2.43. The van der Waals surface area contributed by atoms with Crippen LogP contribution >= 0.6 is 11.8 Å². The first-order chi connectivity index (χ1) is 11.7. The number of likely N-dealkylation sites (tertiary alicyclic amines) is 1. The minimum absolute atomic E-state index is 0.265. The molecule has 24 heavy (non-hydrogen) atoms. The van der Waals surface area contributed by atoms with E-state index < -0.39 is 0 Å². The number of rotatable bonds is 5. The van der Waals surface area contributed by atoms with Crippen molar-refractivity contribution in [3.05, 3.63) is 0 Å². The maximum atomic E-state index is 5.67. The molecular weight excluding hydrogens is 322 g/mol. The van der Waals surface area contributed by atoms with Crippen molar-refractivity contribution in [2.75, 3.05) is 58.4 Å². The molecule has 0 aromatic heterocycles. The summed E-state index contributed by atoms with van der Waals surface area (Å²) in [5, 5.41) is 3.52. The van der Waals surface area contributed by atoms with Gasteiger partial charge in [-0.3, -0.25) is 4.99 Å². The van der Waals surface area contributed by atoms with E-state index in [1.165, 1.54) is 12.8 Å². The molecule has 1 spiro atoms. The summed E-state index contributed by atoms with van der Waals surface area (Å²) in [7, 11) is 0. The summed E-state index contributed by atoms with van der Waals surface area (Å²) in [5.41, 5.74) is 0.380. The standard InChI is InChI=1S/C18H33N3O2S/c1-3-19-16(21-9-5-17(14-21)6-10-23-15-17)20-13-18(24-4-2)7-11-22-12-8-18/h3-15H2,1-2H3,(H,19,20). The molecule has 3 aliphatic heterocycles. The Hall–Kier alpha value is -0.460. The predicted molar refractivity (Wildman–Crippen MR) is 101 cm³/mol. The molecule has 0 radical (unpaired) electrons. The number of ether oxygens (including phenoxy) is 2. The summed E-state index contributed by atoms with van der Waals surface area (Å²) in [6, 6.07) is 0. The van der Waals surface area contributed by atoms with E-state index in [2.05, 4.69) is 35.8 Å².